The van der Waals surface area contributed by atoms with E-state index >= 15 is 0 Å². The van der Waals surface area contributed by atoms with Crippen molar-refractivity contribution in [3.05, 3.63) is 70.3 Å². The van der Waals surface area contributed by atoms with Crippen LogP contribution in [-0.4, -0.2) is 37.2 Å². The SMILES string of the molecule is COC(=O)c1cc([C@@H]2CCCN(C(=O)OCc3ccc(C(F)(F)F)cc3)C2)ccc1C. The van der Waals surface area contributed by atoms with Crippen LogP contribution in [-0.2, 0) is 22.3 Å². The highest BCUT2D eigenvalue weighted by molar-refractivity contribution is 5.91. The summed E-state index contributed by atoms with van der Waals surface area (Å²) >= 11 is 0. The first kappa shape index (κ1) is 22.7. The number of esters is 1. The van der Waals surface area contributed by atoms with E-state index < -0.39 is 23.8 Å². The van der Waals surface area contributed by atoms with E-state index in [1.54, 1.807) is 4.90 Å². The number of ether oxygens (including phenoxy) is 2. The molecule has 1 aliphatic heterocycles. The van der Waals surface area contributed by atoms with Crippen LogP contribution in [0.5, 0.6) is 0 Å². The van der Waals surface area contributed by atoms with Crippen LogP contribution in [0.1, 0.15) is 51.4 Å². The maximum atomic E-state index is 12.6. The Morgan fingerprint density at radius 2 is 1.84 bits per heavy atom. The monoisotopic (exact) mass is 435 g/mol. The average molecular weight is 435 g/mol. The second-order valence-corrected chi connectivity index (χ2v) is 7.60. The van der Waals surface area contributed by atoms with Gasteiger partial charge in [0.2, 0.25) is 0 Å². The molecule has 0 radical (unpaired) electrons. The quantitative estimate of drug-likeness (QED) is 0.611. The number of halogens is 3. The number of hydrogen-bond acceptors (Lipinski definition) is 4. The Morgan fingerprint density at radius 1 is 1.13 bits per heavy atom. The summed E-state index contributed by atoms with van der Waals surface area (Å²) in [6.07, 6.45) is -3.26. The molecule has 1 aliphatic rings. The minimum absolute atomic E-state index is 0.0522. The molecule has 0 aliphatic carbocycles. The average Bonchev–Trinajstić information content (AvgIpc) is 2.77. The van der Waals surface area contributed by atoms with E-state index in [-0.39, 0.29) is 12.5 Å². The minimum atomic E-state index is -4.40. The van der Waals surface area contributed by atoms with Crippen LogP contribution >= 0.6 is 0 Å². The predicted octanol–water partition coefficient (Wildman–Crippen LogP) is 5.32. The van der Waals surface area contributed by atoms with E-state index in [2.05, 4.69) is 0 Å². The number of amides is 1. The van der Waals surface area contributed by atoms with Gasteiger partial charge in [-0.15, -0.1) is 0 Å². The predicted molar refractivity (Wildman–Crippen MR) is 108 cm³/mol. The normalized spacial score (nSPS) is 16.7. The third-order valence-electron chi connectivity index (χ3n) is 5.46. The molecule has 31 heavy (non-hydrogen) atoms. The number of likely N-dealkylation sites (tertiary alicyclic amines) is 1. The highest BCUT2D eigenvalue weighted by Gasteiger charge is 2.30. The number of carbonyl (C=O) groups is 2. The van der Waals surface area contributed by atoms with Gasteiger partial charge in [0.05, 0.1) is 18.2 Å². The van der Waals surface area contributed by atoms with Crippen LogP contribution in [0.4, 0.5) is 18.0 Å². The van der Waals surface area contributed by atoms with Gasteiger partial charge in [0, 0.05) is 19.0 Å². The van der Waals surface area contributed by atoms with Crippen molar-refractivity contribution in [2.24, 2.45) is 0 Å². The van der Waals surface area contributed by atoms with Gasteiger partial charge in [0.15, 0.2) is 0 Å². The third kappa shape index (κ3) is 5.57. The van der Waals surface area contributed by atoms with Crippen LogP contribution in [0.15, 0.2) is 42.5 Å². The van der Waals surface area contributed by atoms with Gasteiger partial charge in [0.25, 0.3) is 0 Å². The molecule has 1 atom stereocenters. The fourth-order valence-electron chi connectivity index (χ4n) is 3.66. The van der Waals surface area contributed by atoms with E-state index in [4.69, 9.17) is 9.47 Å². The lowest BCUT2D eigenvalue weighted by Crippen LogP contribution is -2.39. The lowest BCUT2D eigenvalue weighted by atomic mass is 9.89. The molecule has 0 spiro atoms. The van der Waals surface area contributed by atoms with Crippen LogP contribution in [0.2, 0.25) is 0 Å². The number of benzene rings is 2. The molecule has 8 heteroatoms. The van der Waals surface area contributed by atoms with Crippen molar-refractivity contribution in [3.63, 3.8) is 0 Å². The number of carbonyl (C=O) groups excluding carboxylic acids is 2. The van der Waals surface area contributed by atoms with Gasteiger partial charge < -0.3 is 14.4 Å². The van der Waals surface area contributed by atoms with Gasteiger partial charge in [-0.05, 0) is 54.7 Å². The van der Waals surface area contributed by atoms with Gasteiger partial charge >= 0.3 is 18.2 Å². The van der Waals surface area contributed by atoms with Gasteiger partial charge in [-0.25, -0.2) is 9.59 Å². The molecule has 0 saturated carbocycles. The highest BCUT2D eigenvalue weighted by Crippen LogP contribution is 2.30. The van der Waals surface area contributed by atoms with Crippen LogP contribution in [0.3, 0.4) is 0 Å². The van der Waals surface area contributed by atoms with Crippen molar-refractivity contribution in [1.82, 2.24) is 4.90 Å². The maximum absolute atomic E-state index is 12.6. The first-order valence-electron chi connectivity index (χ1n) is 9.95. The largest absolute Gasteiger partial charge is 0.465 e. The Kier molecular flexibility index (Phi) is 6.87. The zero-order valence-electron chi connectivity index (χ0n) is 17.4. The van der Waals surface area contributed by atoms with E-state index in [9.17, 15) is 22.8 Å². The highest BCUT2D eigenvalue weighted by atomic mass is 19.4. The lowest BCUT2D eigenvalue weighted by Gasteiger charge is -2.32. The number of hydrogen-bond donors (Lipinski definition) is 0. The van der Waals surface area contributed by atoms with Crippen LogP contribution in [0, 0.1) is 6.92 Å². The van der Waals surface area contributed by atoms with Gasteiger partial charge in [0.1, 0.15) is 6.61 Å². The molecule has 1 amide bonds. The summed E-state index contributed by atoms with van der Waals surface area (Å²) in [5.41, 5.74) is 2.01. The van der Waals surface area contributed by atoms with Crippen molar-refractivity contribution < 1.29 is 32.2 Å². The number of nitrogens with zero attached hydrogens (tertiary/aromatic N) is 1. The molecule has 0 N–H and O–H groups in total. The molecule has 1 saturated heterocycles. The van der Waals surface area contributed by atoms with Gasteiger partial charge in [-0.2, -0.15) is 13.2 Å². The lowest BCUT2D eigenvalue weighted by molar-refractivity contribution is -0.137. The molecular weight excluding hydrogens is 411 g/mol. The second kappa shape index (κ2) is 9.41. The number of aryl methyl sites for hydroxylation is 1. The van der Waals surface area contributed by atoms with Gasteiger partial charge in [-0.3, -0.25) is 0 Å². The topological polar surface area (TPSA) is 55.8 Å². The Bertz CT molecular complexity index is 941. The molecule has 0 aromatic heterocycles. The summed E-state index contributed by atoms with van der Waals surface area (Å²) in [7, 11) is 1.34. The smallest absolute Gasteiger partial charge is 0.416 e. The Labute approximate surface area is 178 Å². The van der Waals surface area contributed by atoms with E-state index in [0.29, 0.717) is 24.2 Å². The minimum Gasteiger partial charge on any atom is -0.465 e. The molecule has 1 heterocycles. The van der Waals surface area contributed by atoms with Crippen molar-refractivity contribution in [2.75, 3.05) is 20.2 Å². The first-order chi connectivity index (χ1) is 14.7. The number of piperidine rings is 1. The summed E-state index contributed by atoms with van der Waals surface area (Å²) in [4.78, 5) is 26.1. The standard InChI is InChI=1S/C23H24F3NO4/c1-15-5-8-17(12-20(15)21(28)30-2)18-4-3-11-27(13-18)22(29)31-14-16-6-9-19(10-7-16)23(24,25)26/h5-10,12,18H,3-4,11,13-14H2,1-2H3/t18-/m1/s1. The van der Waals surface area contributed by atoms with E-state index in [1.807, 2.05) is 25.1 Å². The maximum Gasteiger partial charge on any atom is 0.416 e. The second-order valence-electron chi connectivity index (χ2n) is 7.60. The third-order valence-corrected chi connectivity index (χ3v) is 5.46. The fourth-order valence-corrected chi connectivity index (χ4v) is 3.66. The molecule has 1 fully saturated rings. The summed E-state index contributed by atoms with van der Waals surface area (Å²) in [5, 5.41) is 0. The van der Waals surface area contributed by atoms with E-state index in [0.717, 1.165) is 36.1 Å². The molecule has 0 bridgehead atoms. The summed E-state index contributed by atoms with van der Waals surface area (Å²) < 4.78 is 48.1. The van der Waals surface area contributed by atoms with Crippen molar-refractivity contribution in [3.8, 4) is 0 Å². The van der Waals surface area contributed by atoms with Crippen LogP contribution < -0.4 is 0 Å². The summed E-state index contributed by atoms with van der Waals surface area (Å²) in [6.45, 7) is 2.71. The number of methoxy groups -OCH3 is 1. The molecule has 0 unspecified atom stereocenters. The summed E-state index contributed by atoms with van der Waals surface area (Å²) in [6, 6.07) is 10.2. The molecule has 5 nitrogen and oxygen atoms in total. The molecule has 2 aromatic rings. The zero-order valence-corrected chi connectivity index (χ0v) is 17.4. The summed E-state index contributed by atoms with van der Waals surface area (Å²) in [5.74, 6) is -0.348. The number of alkyl halides is 3. The molecule has 3 rings (SSSR count). The van der Waals surface area contributed by atoms with Crippen molar-refractivity contribution in [2.45, 2.75) is 38.5 Å². The zero-order chi connectivity index (χ0) is 22.6. The van der Waals surface area contributed by atoms with E-state index in [1.165, 1.54) is 19.2 Å². The molecule has 2 aromatic carbocycles. The van der Waals surface area contributed by atoms with Crippen LogP contribution in [0.25, 0.3) is 0 Å². The first-order valence-corrected chi connectivity index (χ1v) is 9.95. The van der Waals surface area contributed by atoms with Crippen molar-refractivity contribution >= 4 is 12.1 Å². The van der Waals surface area contributed by atoms with Crippen molar-refractivity contribution in [1.29, 1.82) is 0 Å². The fraction of sp³-hybridized carbons (Fsp3) is 0.391. The Hall–Kier alpha value is -3.03. The molecular formula is C23H24F3NO4. The Morgan fingerprint density at radius 3 is 2.48 bits per heavy atom. The van der Waals surface area contributed by atoms with Gasteiger partial charge in [-0.1, -0.05) is 24.3 Å². The molecule has 166 valence electrons. The Balaban J connectivity index is 1.61. The number of rotatable bonds is 4.